The molecule has 0 aliphatic heterocycles. The van der Waals surface area contributed by atoms with E-state index in [1.54, 1.807) is 0 Å². The molecule has 0 radical (unpaired) electrons. The lowest BCUT2D eigenvalue weighted by Crippen LogP contribution is -2.27. The van der Waals surface area contributed by atoms with Gasteiger partial charge in [-0.1, -0.05) is 13.3 Å². The molecule has 2 N–H and O–H groups in total. The van der Waals surface area contributed by atoms with Crippen molar-refractivity contribution in [3.05, 3.63) is 15.9 Å². The van der Waals surface area contributed by atoms with Gasteiger partial charge in [0.15, 0.2) is 0 Å². The molecule has 0 aliphatic rings. The maximum Gasteiger partial charge on any atom is 0.0739 e. The smallest absolute Gasteiger partial charge is 0.0739 e. The summed E-state index contributed by atoms with van der Waals surface area (Å²) >= 11 is 3.51. The minimum atomic E-state index is -0.252. The van der Waals surface area contributed by atoms with Gasteiger partial charge in [-0.3, -0.25) is 4.68 Å². The van der Waals surface area contributed by atoms with Crippen LogP contribution in [0, 0.1) is 6.92 Å². The summed E-state index contributed by atoms with van der Waals surface area (Å²) in [6.45, 7) is 5.40. The SMILES string of the molecule is CCCC(O)CNCc1c(Br)c(C)nn1C. The van der Waals surface area contributed by atoms with Crippen LogP contribution in [0.5, 0.6) is 0 Å². The summed E-state index contributed by atoms with van der Waals surface area (Å²) in [5, 5.41) is 17.1. The Morgan fingerprint density at radius 1 is 1.56 bits per heavy atom. The van der Waals surface area contributed by atoms with Gasteiger partial charge >= 0.3 is 0 Å². The van der Waals surface area contributed by atoms with Gasteiger partial charge in [0.25, 0.3) is 0 Å². The fraction of sp³-hybridized carbons (Fsp3) is 0.727. The van der Waals surface area contributed by atoms with E-state index in [2.05, 4.69) is 33.3 Å². The lowest BCUT2D eigenvalue weighted by Gasteiger charge is -2.10. The van der Waals surface area contributed by atoms with E-state index in [0.717, 1.165) is 35.2 Å². The molecule has 1 unspecified atom stereocenters. The third kappa shape index (κ3) is 3.57. The Morgan fingerprint density at radius 2 is 2.25 bits per heavy atom. The fourth-order valence-electron chi connectivity index (χ4n) is 1.66. The summed E-state index contributed by atoms with van der Waals surface area (Å²) in [5.74, 6) is 0. The maximum absolute atomic E-state index is 9.57. The second-order valence-electron chi connectivity index (χ2n) is 4.04. The molecule has 0 fully saturated rings. The van der Waals surface area contributed by atoms with Crippen LogP contribution < -0.4 is 5.32 Å². The Morgan fingerprint density at radius 3 is 2.75 bits per heavy atom. The van der Waals surface area contributed by atoms with Crippen LogP contribution in [0.25, 0.3) is 0 Å². The van der Waals surface area contributed by atoms with Crippen molar-refractivity contribution in [2.24, 2.45) is 7.05 Å². The zero-order chi connectivity index (χ0) is 12.1. The van der Waals surface area contributed by atoms with E-state index in [4.69, 9.17) is 0 Å². The minimum absolute atomic E-state index is 0.252. The van der Waals surface area contributed by atoms with Crippen LogP contribution in [0.4, 0.5) is 0 Å². The van der Waals surface area contributed by atoms with Crippen LogP contribution in [0.15, 0.2) is 4.47 Å². The Hall–Kier alpha value is -0.390. The molecule has 5 heteroatoms. The quantitative estimate of drug-likeness (QED) is 0.839. The molecule has 0 aromatic carbocycles. The van der Waals surface area contributed by atoms with E-state index in [9.17, 15) is 5.11 Å². The first kappa shape index (κ1) is 13.7. The van der Waals surface area contributed by atoms with Gasteiger partial charge in [0.1, 0.15) is 0 Å². The number of aryl methyl sites for hydroxylation is 2. The van der Waals surface area contributed by atoms with Crippen molar-refractivity contribution in [2.45, 2.75) is 39.3 Å². The fourth-order valence-corrected chi connectivity index (χ4v) is 2.14. The Labute approximate surface area is 105 Å². The van der Waals surface area contributed by atoms with Crippen molar-refractivity contribution >= 4 is 15.9 Å². The third-order valence-corrected chi connectivity index (χ3v) is 3.59. The number of hydrogen-bond acceptors (Lipinski definition) is 3. The largest absolute Gasteiger partial charge is 0.392 e. The van der Waals surface area contributed by atoms with E-state index in [-0.39, 0.29) is 6.10 Å². The van der Waals surface area contributed by atoms with Crippen LogP contribution in [-0.4, -0.2) is 27.5 Å². The Bertz CT molecular complexity index is 338. The van der Waals surface area contributed by atoms with Crippen LogP contribution in [0.2, 0.25) is 0 Å². The topological polar surface area (TPSA) is 50.1 Å². The Balaban J connectivity index is 2.43. The van der Waals surface area contributed by atoms with Gasteiger partial charge in [-0.05, 0) is 29.3 Å². The molecule has 0 saturated carbocycles. The number of rotatable bonds is 6. The van der Waals surface area contributed by atoms with Gasteiger partial charge in [0.2, 0.25) is 0 Å². The average molecular weight is 290 g/mol. The molecule has 0 amide bonds. The van der Waals surface area contributed by atoms with E-state index < -0.39 is 0 Å². The zero-order valence-electron chi connectivity index (χ0n) is 10.1. The van der Waals surface area contributed by atoms with Gasteiger partial charge in [-0.25, -0.2) is 0 Å². The van der Waals surface area contributed by atoms with Crippen LogP contribution in [0.1, 0.15) is 31.2 Å². The van der Waals surface area contributed by atoms with Crippen LogP contribution in [-0.2, 0) is 13.6 Å². The van der Waals surface area contributed by atoms with E-state index in [1.165, 1.54) is 0 Å². The highest BCUT2D eigenvalue weighted by atomic mass is 79.9. The summed E-state index contributed by atoms with van der Waals surface area (Å²) in [7, 11) is 1.93. The molecule has 1 atom stereocenters. The number of nitrogens with zero attached hydrogens (tertiary/aromatic N) is 2. The molecular formula is C11H20BrN3O. The van der Waals surface area contributed by atoms with E-state index >= 15 is 0 Å². The molecule has 1 heterocycles. The number of aliphatic hydroxyl groups is 1. The first-order valence-corrected chi connectivity index (χ1v) is 6.42. The number of halogens is 1. The predicted octanol–water partition coefficient (Wildman–Crippen LogP) is 1.74. The Kier molecular flexibility index (Phi) is 5.44. The highest BCUT2D eigenvalue weighted by Gasteiger charge is 2.10. The molecular weight excluding hydrogens is 270 g/mol. The molecule has 0 bridgehead atoms. The highest BCUT2D eigenvalue weighted by Crippen LogP contribution is 2.19. The van der Waals surface area contributed by atoms with Crippen LogP contribution >= 0.6 is 15.9 Å². The van der Waals surface area contributed by atoms with Gasteiger partial charge in [0.05, 0.1) is 22.0 Å². The first-order chi connectivity index (χ1) is 7.56. The third-order valence-electron chi connectivity index (χ3n) is 2.56. The van der Waals surface area contributed by atoms with Crippen molar-refractivity contribution in [3.63, 3.8) is 0 Å². The number of hydrogen-bond donors (Lipinski definition) is 2. The average Bonchev–Trinajstić information content (AvgIpc) is 2.45. The van der Waals surface area contributed by atoms with Gasteiger partial charge < -0.3 is 10.4 Å². The monoisotopic (exact) mass is 289 g/mol. The molecule has 0 spiro atoms. The molecule has 4 nitrogen and oxygen atoms in total. The summed E-state index contributed by atoms with van der Waals surface area (Å²) in [6, 6.07) is 0. The minimum Gasteiger partial charge on any atom is -0.392 e. The van der Waals surface area contributed by atoms with Gasteiger partial charge in [0, 0.05) is 20.1 Å². The highest BCUT2D eigenvalue weighted by molar-refractivity contribution is 9.10. The van der Waals surface area contributed by atoms with E-state index in [0.29, 0.717) is 6.54 Å². The summed E-state index contributed by atoms with van der Waals surface area (Å²) in [4.78, 5) is 0. The molecule has 0 saturated heterocycles. The first-order valence-electron chi connectivity index (χ1n) is 5.63. The lowest BCUT2D eigenvalue weighted by molar-refractivity contribution is 0.160. The van der Waals surface area contributed by atoms with Gasteiger partial charge in [-0.2, -0.15) is 5.10 Å². The second-order valence-corrected chi connectivity index (χ2v) is 4.84. The molecule has 16 heavy (non-hydrogen) atoms. The molecule has 1 rings (SSSR count). The van der Waals surface area contributed by atoms with Crippen molar-refractivity contribution in [3.8, 4) is 0 Å². The summed E-state index contributed by atoms with van der Waals surface area (Å²) in [5.41, 5.74) is 2.11. The number of nitrogens with one attached hydrogen (secondary N) is 1. The second kappa shape index (κ2) is 6.37. The number of aliphatic hydroxyl groups excluding tert-OH is 1. The van der Waals surface area contributed by atoms with Crippen molar-refractivity contribution < 1.29 is 5.11 Å². The summed E-state index contributed by atoms with van der Waals surface area (Å²) < 4.78 is 2.91. The van der Waals surface area contributed by atoms with Crippen molar-refractivity contribution in [1.82, 2.24) is 15.1 Å². The molecule has 1 aromatic heterocycles. The number of aromatic nitrogens is 2. The predicted molar refractivity (Wildman–Crippen MR) is 68.3 cm³/mol. The molecule has 0 aliphatic carbocycles. The zero-order valence-corrected chi connectivity index (χ0v) is 11.7. The molecule has 1 aromatic rings. The van der Waals surface area contributed by atoms with Crippen molar-refractivity contribution in [2.75, 3.05) is 6.54 Å². The normalized spacial score (nSPS) is 13.1. The molecule has 92 valence electrons. The lowest BCUT2D eigenvalue weighted by atomic mass is 10.2. The van der Waals surface area contributed by atoms with Gasteiger partial charge in [-0.15, -0.1) is 0 Å². The van der Waals surface area contributed by atoms with Crippen LogP contribution in [0.3, 0.4) is 0 Å². The maximum atomic E-state index is 9.57. The van der Waals surface area contributed by atoms with E-state index in [1.807, 2.05) is 18.7 Å². The standard InChI is InChI=1S/C11H20BrN3O/c1-4-5-9(16)6-13-7-10-11(12)8(2)14-15(10)3/h9,13,16H,4-7H2,1-3H3. The van der Waals surface area contributed by atoms with Crippen molar-refractivity contribution in [1.29, 1.82) is 0 Å². The summed E-state index contributed by atoms with van der Waals surface area (Å²) in [6.07, 6.45) is 1.61.